The number of hydrogen-bond donors (Lipinski definition) is 2. The Hall–Kier alpha value is -0.370. The summed E-state index contributed by atoms with van der Waals surface area (Å²) in [5.41, 5.74) is 1.17. The van der Waals surface area contributed by atoms with Crippen LogP contribution in [0.15, 0.2) is 10.4 Å². The standard InChI is InChI=1S/C17H32N4S.HI/c1-12(2)7-8-14(5)20-17(18-6)19-10-9-15-11-22-16(21-15)13(3)4;/h11-14H,7-10H2,1-6H3,(H2,18,19,20);1H. The van der Waals surface area contributed by atoms with Crippen molar-refractivity contribution in [1.82, 2.24) is 15.6 Å². The van der Waals surface area contributed by atoms with Gasteiger partial charge in [0.05, 0.1) is 10.7 Å². The van der Waals surface area contributed by atoms with Crippen LogP contribution in [-0.4, -0.2) is 30.6 Å². The van der Waals surface area contributed by atoms with E-state index in [9.17, 15) is 0 Å². The van der Waals surface area contributed by atoms with E-state index in [1.165, 1.54) is 23.5 Å². The van der Waals surface area contributed by atoms with Crippen LogP contribution in [0.4, 0.5) is 0 Å². The molecular formula is C17H33IN4S. The van der Waals surface area contributed by atoms with Gasteiger partial charge >= 0.3 is 0 Å². The molecule has 0 aliphatic rings. The van der Waals surface area contributed by atoms with Crippen LogP contribution in [0.3, 0.4) is 0 Å². The predicted molar refractivity (Wildman–Crippen MR) is 113 cm³/mol. The van der Waals surface area contributed by atoms with Crippen LogP contribution < -0.4 is 10.6 Å². The van der Waals surface area contributed by atoms with Crippen molar-refractivity contribution in [2.24, 2.45) is 10.9 Å². The Kier molecular flexibility index (Phi) is 11.9. The summed E-state index contributed by atoms with van der Waals surface area (Å²) in [6.45, 7) is 12.0. The van der Waals surface area contributed by atoms with Gasteiger partial charge in [-0.1, -0.05) is 27.7 Å². The average Bonchev–Trinajstić information content (AvgIpc) is 2.93. The molecule has 4 nitrogen and oxygen atoms in total. The lowest BCUT2D eigenvalue weighted by molar-refractivity contribution is 0.489. The first kappa shape index (κ1) is 22.6. The van der Waals surface area contributed by atoms with E-state index in [1.807, 2.05) is 7.05 Å². The number of nitrogens with zero attached hydrogens (tertiary/aromatic N) is 2. The van der Waals surface area contributed by atoms with Gasteiger partial charge in [-0.2, -0.15) is 0 Å². The number of guanidine groups is 1. The van der Waals surface area contributed by atoms with Crippen LogP contribution in [0.2, 0.25) is 0 Å². The van der Waals surface area contributed by atoms with Crippen LogP contribution in [0, 0.1) is 5.92 Å². The zero-order chi connectivity index (χ0) is 16.5. The molecule has 23 heavy (non-hydrogen) atoms. The molecule has 1 unspecified atom stereocenters. The molecule has 0 amide bonds. The van der Waals surface area contributed by atoms with E-state index in [4.69, 9.17) is 0 Å². The monoisotopic (exact) mass is 452 g/mol. The first-order valence-corrected chi connectivity index (χ1v) is 9.21. The van der Waals surface area contributed by atoms with Crippen molar-refractivity contribution in [3.8, 4) is 0 Å². The minimum Gasteiger partial charge on any atom is -0.356 e. The summed E-state index contributed by atoms with van der Waals surface area (Å²) in [4.78, 5) is 8.96. The molecule has 2 N–H and O–H groups in total. The number of thiazole rings is 1. The first-order chi connectivity index (χ1) is 10.4. The first-order valence-electron chi connectivity index (χ1n) is 8.33. The third kappa shape index (κ3) is 9.49. The summed E-state index contributed by atoms with van der Waals surface area (Å²) < 4.78 is 0. The van der Waals surface area contributed by atoms with Crippen molar-refractivity contribution >= 4 is 41.3 Å². The lowest BCUT2D eigenvalue weighted by Gasteiger charge is -2.18. The number of halogens is 1. The maximum Gasteiger partial charge on any atom is 0.191 e. The quantitative estimate of drug-likeness (QED) is 0.349. The molecule has 0 spiro atoms. The summed E-state index contributed by atoms with van der Waals surface area (Å²) in [5.74, 6) is 2.15. The fourth-order valence-corrected chi connectivity index (χ4v) is 2.96. The zero-order valence-electron chi connectivity index (χ0n) is 15.3. The molecule has 1 atom stereocenters. The number of hydrogen-bond acceptors (Lipinski definition) is 3. The maximum absolute atomic E-state index is 4.66. The van der Waals surface area contributed by atoms with E-state index >= 15 is 0 Å². The van der Waals surface area contributed by atoms with Crippen LogP contribution in [0.1, 0.15) is 64.1 Å². The largest absolute Gasteiger partial charge is 0.356 e. The van der Waals surface area contributed by atoms with Crippen molar-refractivity contribution in [1.29, 1.82) is 0 Å². The maximum atomic E-state index is 4.66. The molecule has 6 heteroatoms. The minimum absolute atomic E-state index is 0. The molecule has 134 valence electrons. The molecular weight excluding hydrogens is 419 g/mol. The second-order valence-corrected chi connectivity index (χ2v) is 7.49. The highest BCUT2D eigenvalue weighted by molar-refractivity contribution is 14.0. The highest BCUT2D eigenvalue weighted by atomic mass is 127. The molecule has 1 aromatic rings. The van der Waals surface area contributed by atoms with Gasteiger partial charge in [-0.3, -0.25) is 4.99 Å². The van der Waals surface area contributed by atoms with Gasteiger partial charge in [0.25, 0.3) is 0 Å². The predicted octanol–water partition coefficient (Wildman–Crippen LogP) is 4.42. The second kappa shape index (κ2) is 12.1. The molecule has 1 aromatic heterocycles. The molecule has 0 radical (unpaired) electrons. The Morgan fingerprint density at radius 3 is 2.43 bits per heavy atom. The van der Waals surface area contributed by atoms with Crippen LogP contribution in [0.5, 0.6) is 0 Å². The number of nitrogens with one attached hydrogen (secondary N) is 2. The Balaban J connectivity index is 0.00000484. The van der Waals surface area contributed by atoms with Crippen molar-refractivity contribution in [2.75, 3.05) is 13.6 Å². The summed E-state index contributed by atoms with van der Waals surface area (Å²) in [6.07, 6.45) is 3.34. The fraction of sp³-hybridized carbons (Fsp3) is 0.765. The van der Waals surface area contributed by atoms with Crippen molar-refractivity contribution in [3.05, 3.63) is 16.1 Å². The van der Waals surface area contributed by atoms with Crippen molar-refractivity contribution < 1.29 is 0 Å². The molecule has 0 aliphatic heterocycles. The second-order valence-electron chi connectivity index (χ2n) is 6.60. The Labute approximate surface area is 163 Å². The van der Waals surface area contributed by atoms with Gasteiger partial charge in [0.2, 0.25) is 0 Å². The van der Waals surface area contributed by atoms with E-state index in [2.05, 4.69) is 60.6 Å². The molecule has 1 heterocycles. The van der Waals surface area contributed by atoms with Crippen molar-refractivity contribution in [3.63, 3.8) is 0 Å². The minimum atomic E-state index is 0. The highest BCUT2D eigenvalue weighted by Gasteiger charge is 2.08. The van der Waals surface area contributed by atoms with Gasteiger partial charge in [0, 0.05) is 37.4 Å². The summed E-state index contributed by atoms with van der Waals surface area (Å²) in [5, 5.41) is 10.2. The molecule has 0 aliphatic carbocycles. The Morgan fingerprint density at radius 1 is 1.22 bits per heavy atom. The Bertz CT molecular complexity index is 457. The van der Waals surface area contributed by atoms with E-state index in [0.717, 1.165) is 24.8 Å². The average molecular weight is 452 g/mol. The van der Waals surface area contributed by atoms with Gasteiger partial charge in [-0.05, 0) is 25.7 Å². The molecule has 0 saturated heterocycles. The van der Waals surface area contributed by atoms with Gasteiger partial charge < -0.3 is 10.6 Å². The van der Waals surface area contributed by atoms with E-state index in [1.54, 1.807) is 11.3 Å². The molecule has 0 aromatic carbocycles. The molecule has 0 saturated carbocycles. The molecule has 0 bridgehead atoms. The van der Waals surface area contributed by atoms with E-state index in [-0.39, 0.29) is 24.0 Å². The summed E-state index contributed by atoms with van der Waals surface area (Å²) in [7, 11) is 1.82. The fourth-order valence-electron chi connectivity index (χ4n) is 2.10. The lowest BCUT2D eigenvalue weighted by Crippen LogP contribution is -2.43. The summed E-state index contributed by atoms with van der Waals surface area (Å²) in [6, 6.07) is 0.445. The van der Waals surface area contributed by atoms with Gasteiger partial charge in [-0.15, -0.1) is 35.3 Å². The number of rotatable bonds is 8. The summed E-state index contributed by atoms with van der Waals surface area (Å²) >= 11 is 1.76. The Morgan fingerprint density at radius 2 is 1.91 bits per heavy atom. The lowest BCUT2D eigenvalue weighted by atomic mass is 10.0. The zero-order valence-corrected chi connectivity index (χ0v) is 18.5. The molecule has 1 rings (SSSR count). The smallest absolute Gasteiger partial charge is 0.191 e. The van der Waals surface area contributed by atoms with Crippen molar-refractivity contribution in [2.45, 2.75) is 65.8 Å². The van der Waals surface area contributed by atoms with Crippen LogP contribution in [0.25, 0.3) is 0 Å². The number of aliphatic imine (C=N–C) groups is 1. The van der Waals surface area contributed by atoms with E-state index in [0.29, 0.717) is 12.0 Å². The van der Waals surface area contributed by atoms with Gasteiger partial charge in [0.15, 0.2) is 5.96 Å². The highest BCUT2D eigenvalue weighted by Crippen LogP contribution is 2.19. The normalized spacial score (nSPS) is 13.1. The van der Waals surface area contributed by atoms with E-state index < -0.39 is 0 Å². The third-order valence-corrected chi connectivity index (χ3v) is 4.71. The topological polar surface area (TPSA) is 49.3 Å². The van der Waals surface area contributed by atoms with Crippen LogP contribution >= 0.6 is 35.3 Å². The SMILES string of the molecule is CN=C(NCCc1csc(C(C)C)n1)NC(C)CCC(C)C.I. The third-order valence-electron chi connectivity index (χ3n) is 3.52. The van der Waals surface area contributed by atoms with Gasteiger partial charge in [0.1, 0.15) is 0 Å². The van der Waals surface area contributed by atoms with Gasteiger partial charge in [-0.25, -0.2) is 4.98 Å². The molecule has 0 fully saturated rings. The number of aromatic nitrogens is 1. The van der Waals surface area contributed by atoms with Crippen LogP contribution in [-0.2, 0) is 6.42 Å².